The molecule has 0 fully saturated rings. The van der Waals surface area contributed by atoms with E-state index in [2.05, 4.69) is 19.9 Å². The van der Waals surface area contributed by atoms with Crippen LogP contribution in [0.1, 0.15) is 46.5 Å². The van der Waals surface area contributed by atoms with E-state index in [9.17, 15) is 4.79 Å². The molecule has 0 saturated heterocycles. The second-order valence-electron chi connectivity index (χ2n) is 3.68. The van der Waals surface area contributed by atoms with E-state index in [-0.39, 0.29) is 0 Å². The SMILES string of the molecule is CCC(C)=CCCC(C)CC(=O)O. The van der Waals surface area contributed by atoms with Crippen molar-refractivity contribution in [3.8, 4) is 0 Å². The molecule has 76 valence electrons. The Labute approximate surface area is 80.7 Å². The second-order valence-corrected chi connectivity index (χ2v) is 3.68. The highest BCUT2D eigenvalue weighted by molar-refractivity contribution is 5.66. The van der Waals surface area contributed by atoms with Crippen LogP contribution < -0.4 is 0 Å². The zero-order valence-electron chi connectivity index (χ0n) is 8.84. The summed E-state index contributed by atoms with van der Waals surface area (Å²) in [5.41, 5.74) is 1.39. The van der Waals surface area contributed by atoms with E-state index in [1.165, 1.54) is 5.57 Å². The molecule has 1 unspecified atom stereocenters. The summed E-state index contributed by atoms with van der Waals surface area (Å²) in [4.78, 5) is 10.3. The van der Waals surface area contributed by atoms with E-state index in [4.69, 9.17) is 5.11 Å². The molecule has 2 heteroatoms. The number of allylic oxidation sites excluding steroid dienone is 2. The molecular formula is C11H20O2. The Morgan fingerprint density at radius 2 is 2.15 bits per heavy atom. The Hall–Kier alpha value is -0.790. The molecule has 0 aromatic rings. The van der Waals surface area contributed by atoms with Crippen molar-refractivity contribution < 1.29 is 9.90 Å². The quantitative estimate of drug-likeness (QED) is 0.643. The van der Waals surface area contributed by atoms with Crippen LogP contribution in [0.3, 0.4) is 0 Å². The van der Waals surface area contributed by atoms with Gasteiger partial charge in [0.1, 0.15) is 0 Å². The molecule has 0 spiro atoms. The van der Waals surface area contributed by atoms with E-state index in [1.807, 2.05) is 6.92 Å². The monoisotopic (exact) mass is 184 g/mol. The van der Waals surface area contributed by atoms with Gasteiger partial charge in [-0.05, 0) is 32.1 Å². The predicted molar refractivity (Wildman–Crippen MR) is 54.7 cm³/mol. The maximum atomic E-state index is 10.3. The lowest BCUT2D eigenvalue weighted by Crippen LogP contribution is -2.03. The lowest BCUT2D eigenvalue weighted by molar-refractivity contribution is -0.138. The molecule has 2 nitrogen and oxygen atoms in total. The third-order valence-corrected chi connectivity index (χ3v) is 2.23. The van der Waals surface area contributed by atoms with Gasteiger partial charge < -0.3 is 5.11 Å². The summed E-state index contributed by atoms with van der Waals surface area (Å²) in [6.45, 7) is 6.23. The zero-order valence-corrected chi connectivity index (χ0v) is 8.84. The van der Waals surface area contributed by atoms with Crippen LogP contribution in [0.25, 0.3) is 0 Å². The molecule has 0 aliphatic heterocycles. The van der Waals surface area contributed by atoms with Crippen molar-refractivity contribution in [1.82, 2.24) is 0 Å². The average molecular weight is 184 g/mol. The fourth-order valence-electron chi connectivity index (χ4n) is 1.16. The molecule has 0 aromatic heterocycles. The minimum atomic E-state index is -0.691. The van der Waals surface area contributed by atoms with Crippen molar-refractivity contribution in [2.75, 3.05) is 0 Å². The Kier molecular flexibility index (Phi) is 6.29. The number of hydrogen-bond acceptors (Lipinski definition) is 1. The first-order valence-corrected chi connectivity index (χ1v) is 4.93. The third kappa shape index (κ3) is 7.57. The van der Waals surface area contributed by atoms with Gasteiger partial charge in [-0.2, -0.15) is 0 Å². The largest absolute Gasteiger partial charge is 0.481 e. The molecular weight excluding hydrogens is 164 g/mol. The molecule has 0 radical (unpaired) electrons. The zero-order chi connectivity index (χ0) is 10.3. The number of carboxylic acid groups (broad SMARTS) is 1. The van der Waals surface area contributed by atoms with Crippen LogP contribution in [-0.2, 0) is 4.79 Å². The van der Waals surface area contributed by atoms with E-state index >= 15 is 0 Å². The van der Waals surface area contributed by atoms with Crippen LogP contribution in [0.4, 0.5) is 0 Å². The lowest BCUT2D eigenvalue weighted by Gasteiger charge is -2.05. The summed E-state index contributed by atoms with van der Waals surface area (Å²) < 4.78 is 0. The van der Waals surface area contributed by atoms with Crippen LogP contribution >= 0.6 is 0 Å². The molecule has 0 amide bonds. The minimum Gasteiger partial charge on any atom is -0.481 e. The van der Waals surface area contributed by atoms with Crippen molar-refractivity contribution in [3.63, 3.8) is 0 Å². The van der Waals surface area contributed by atoms with Gasteiger partial charge in [0.05, 0.1) is 0 Å². The van der Waals surface area contributed by atoms with Gasteiger partial charge in [0.15, 0.2) is 0 Å². The number of aliphatic carboxylic acids is 1. The summed E-state index contributed by atoms with van der Waals surface area (Å²) >= 11 is 0. The summed E-state index contributed by atoms with van der Waals surface area (Å²) in [5, 5.41) is 8.52. The molecule has 0 heterocycles. The molecule has 13 heavy (non-hydrogen) atoms. The first kappa shape index (κ1) is 12.2. The Bertz CT molecular complexity index is 183. The van der Waals surface area contributed by atoms with Crippen molar-refractivity contribution in [2.24, 2.45) is 5.92 Å². The Morgan fingerprint density at radius 3 is 2.62 bits per heavy atom. The number of carboxylic acids is 1. The van der Waals surface area contributed by atoms with Gasteiger partial charge in [0.2, 0.25) is 0 Å². The molecule has 0 bridgehead atoms. The van der Waals surface area contributed by atoms with Crippen LogP contribution in [0.15, 0.2) is 11.6 Å². The van der Waals surface area contributed by atoms with Crippen LogP contribution in [0, 0.1) is 5.92 Å². The predicted octanol–water partition coefficient (Wildman–Crippen LogP) is 3.23. The molecule has 0 aliphatic rings. The van der Waals surface area contributed by atoms with Crippen LogP contribution in [-0.4, -0.2) is 11.1 Å². The highest BCUT2D eigenvalue weighted by Crippen LogP contribution is 2.12. The topological polar surface area (TPSA) is 37.3 Å². The summed E-state index contributed by atoms with van der Waals surface area (Å²) in [7, 11) is 0. The number of carbonyl (C=O) groups is 1. The Morgan fingerprint density at radius 1 is 1.54 bits per heavy atom. The Balaban J connectivity index is 3.58. The molecule has 1 N–H and O–H groups in total. The molecule has 0 rings (SSSR count). The minimum absolute atomic E-state index is 0.290. The summed E-state index contributed by atoms with van der Waals surface area (Å²) in [6, 6.07) is 0. The van der Waals surface area contributed by atoms with Crippen molar-refractivity contribution in [2.45, 2.75) is 46.5 Å². The number of rotatable bonds is 6. The van der Waals surface area contributed by atoms with E-state index in [0.29, 0.717) is 12.3 Å². The van der Waals surface area contributed by atoms with Crippen molar-refractivity contribution >= 4 is 5.97 Å². The molecule has 0 saturated carbocycles. The van der Waals surface area contributed by atoms with Gasteiger partial charge in [-0.3, -0.25) is 4.79 Å². The normalized spacial score (nSPS) is 14.2. The maximum absolute atomic E-state index is 10.3. The van der Waals surface area contributed by atoms with Crippen molar-refractivity contribution in [1.29, 1.82) is 0 Å². The highest BCUT2D eigenvalue weighted by atomic mass is 16.4. The van der Waals surface area contributed by atoms with E-state index < -0.39 is 5.97 Å². The molecule has 0 aliphatic carbocycles. The molecule has 1 atom stereocenters. The van der Waals surface area contributed by atoms with E-state index in [1.54, 1.807) is 0 Å². The fourth-order valence-corrected chi connectivity index (χ4v) is 1.16. The van der Waals surface area contributed by atoms with Gasteiger partial charge in [-0.25, -0.2) is 0 Å². The maximum Gasteiger partial charge on any atom is 0.303 e. The lowest BCUT2D eigenvalue weighted by atomic mass is 10.0. The third-order valence-electron chi connectivity index (χ3n) is 2.23. The van der Waals surface area contributed by atoms with Gasteiger partial charge in [-0.15, -0.1) is 0 Å². The number of hydrogen-bond donors (Lipinski definition) is 1. The van der Waals surface area contributed by atoms with Crippen molar-refractivity contribution in [3.05, 3.63) is 11.6 Å². The average Bonchev–Trinajstić information content (AvgIpc) is 2.02. The highest BCUT2D eigenvalue weighted by Gasteiger charge is 2.05. The van der Waals surface area contributed by atoms with Gasteiger partial charge in [0, 0.05) is 6.42 Å². The van der Waals surface area contributed by atoms with Gasteiger partial charge in [-0.1, -0.05) is 25.5 Å². The van der Waals surface area contributed by atoms with Gasteiger partial charge >= 0.3 is 5.97 Å². The standard InChI is InChI=1S/C11H20O2/c1-4-9(2)6-5-7-10(3)8-11(12)13/h6,10H,4-5,7-8H2,1-3H3,(H,12,13). The van der Waals surface area contributed by atoms with Crippen LogP contribution in [0.2, 0.25) is 0 Å². The summed E-state index contributed by atoms with van der Waals surface area (Å²) in [6.07, 6.45) is 5.57. The van der Waals surface area contributed by atoms with Crippen LogP contribution in [0.5, 0.6) is 0 Å². The smallest absolute Gasteiger partial charge is 0.303 e. The first-order chi connectivity index (χ1) is 6.06. The fraction of sp³-hybridized carbons (Fsp3) is 0.727. The van der Waals surface area contributed by atoms with Gasteiger partial charge in [0.25, 0.3) is 0 Å². The molecule has 0 aromatic carbocycles. The van der Waals surface area contributed by atoms with E-state index in [0.717, 1.165) is 19.3 Å². The second kappa shape index (κ2) is 6.70. The first-order valence-electron chi connectivity index (χ1n) is 4.93. The summed E-state index contributed by atoms with van der Waals surface area (Å²) in [5.74, 6) is -0.401.